The van der Waals surface area contributed by atoms with Crippen molar-refractivity contribution in [3.8, 4) is 0 Å². The van der Waals surface area contributed by atoms with Crippen LogP contribution in [0, 0.1) is 5.82 Å². The van der Waals surface area contributed by atoms with Gasteiger partial charge >= 0.3 is 0 Å². The lowest BCUT2D eigenvalue weighted by molar-refractivity contribution is 0.141. The quantitative estimate of drug-likeness (QED) is 0.800. The van der Waals surface area contributed by atoms with Crippen LogP contribution in [0.15, 0.2) is 53.4 Å². The van der Waals surface area contributed by atoms with E-state index in [1.54, 1.807) is 12.1 Å². The summed E-state index contributed by atoms with van der Waals surface area (Å²) in [6.07, 6.45) is 0.599. The highest BCUT2D eigenvalue weighted by atomic mass is 32.2. The Labute approximate surface area is 122 Å². The summed E-state index contributed by atoms with van der Waals surface area (Å²) in [7, 11) is -3.69. The van der Waals surface area contributed by atoms with Crippen LogP contribution in [-0.2, 0) is 21.3 Å². The number of sulfonamides is 1. The lowest BCUT2D eigenvalue weighted by Gasteiger charge is -2.08. The molecule has 0 unspecified atom stereocenters. The molecule has 0 fully saturated rings. The summed E-state index contributed by atoms with van der Waals surface area (Å²) in [5, 5.41) is 0. The smallest absolute Gasteiger partial charge is 0.261 e. The second-order valence-corrected chi connectivity index (χ2v) is 6.06. The first-order valence-electron chi connectivity index (χ1n) is 6.20. The molecule has 0 aliphatic heterocycles. The fraction of sp³-hybridized carbons (Fsp3) is 0.143. The largest absolute Gasteiger partial charge is 0.304 e. The average Bonchev–Trinajstić information content (AvgIpc) is 2.48. The molecule has 2 rings (SSSR count). The van der Waals surface area contributed by atoms with Gasteiger partial charge in [-0.25, -0.2) is 18.7 Å². The first-order valence-corrected chi connectivity index (χ1v) is 7.68. The van der Waals surface area contributed by atoms with Crippen LogP contribution < -0.4 is 10.6 Å². The molecule has 5 nitrogen and oxygen atoms in total. The Morgan fingerprint density at radius 2 is 1.67 bits per heavy atom. The van der Waals surface area contributed by atoms with Gasteiger partial charge in [-0.2, -0.15) is 0 Å². The Kier molecular flexibility index (Phi) is 4.89. The SMILES string of the molecule is NOCCc1ccc(S(=O)(=O)Nc2ccc(F)cc2)cc1. The minimum Gasteiger partial charge on any atom is -0.304 e. The van der Waals surface area contributed by atoms with Crippen molar-refractivity contribution in [1.29, 1.82) is 0 Å². The van der Waals surface area contributed by atoms with Gasteiger partial charge in [-0.3, -0.25) is 4.72 Å². The van der Waals surface area contributed by atoms with Crippen LogP contribution >= 0.6 is 0 Å². The monoisotopic (exact) mass is 310 g/mol. The van der Waals surface area contributed by atoms with Crippen LogP contribution in [-0.4, -0.2) is 15.0 Å². The molecule has 0 aromatic heterocycles. The van der Waals surface area contributed by atoms with Crippen LogP contribution in [0.25, 0.3) is 0 Å². The molecule has 3 N–H and O–H groups in total. The lowest BCUT2D eigenvalue weighted by atomic mass is 10.2. The minimum absolute atomic E-state index is 0.129. The molecule has 7 heteroatoms. The van der Waals surface area contributed by atoms with Crippen LogP contribution in [0.1, 0.15) is 5.56 Å². The molecule has 0 aliphatic carbocycles. The van der Waals surface area contributed by atoms with Gasteiger partial charge in [-0.05, 0) is 48.4 Å². The Hall–Kier alpha value is -1.96. The van der Waals surface area contributed by atoms with E-state index in [-0.39, 0.29) is 4.90 Å². The van der Waals surface area contributed by atoms with E-state index >= 15 is 0 Å². The maximum absolute atomic E-state index is 12.8. The molecule has 0 bridgehead atoms. The van der Waals surface area contributed by atoms with Crippen molar-refractivity contribution in [2.24, 2.45) is 5.90 Å². The van der Waals surface area contributed by atoms with Crippen molar-refractivity contribution < 1.29 is 17.6 Å². The summed E-state index contributed by atoms with van der Waals surface area (Å²) in [5.74, 6) is 4.51. The molecule has 2 aromatic rings. The fourth-order valence-electron chi connectivity index (χ4n) is 1.74. The molecule has 0 amide bonds. The van der Waals surface area contributed by atoms with Crippen molar-refractivity contribution in [2.75, 3.05) is 11.3 Å². The van der Waals surface area contributed by atoms with Crippen LogP contribution in [0.3, 0.4) is 0 Å². The van der Waals surface area contributed by atoms with E-state index in [1.807, 2.05) is 0 Å². The van der Waals surface area contributed by atoms with Gasteiger partial charge in [0.05, 0.1) is 11.5 Å². The van der Waals surface area contributed by atoms with E-state index < -0.39 is 15.8 Å². The molecule has 0 spiro atoms. The standard InChI is InChI=1S/C14H15FN2O3S/c15-12-3-5-13(6-4-12)17-21(18,19)14-7-1-11(2-8-14)9-10-20-16/h1-8,17H,9-10,16H2. The molecule has 0 atom stereocenters. The Morgan fingerprint density at radius 3 is 2.24 bits per heavy atom. The van der Waals surface area contributed by atoms with Gasteiger partial charge in [-0.1, -0.05) is 12.1 Å². The average molecular weight is 310 g/mol. The van der Waals surface area contributed by atoms with Crippen molar-refractivity contribution in [3.05, 3.63) is 59.9 Å². The van der Waals surface area contributed by atoms with Gasteiger partial charge < -0.3 is 4.84 Å². The van der Waals surface area contributed by atoms with E-state index in [9.17, 15) is 12.8 Å². The fourth-order valence-corrected chi connectivity index (χ4v) is 2.80. The zero-order valence-electron chi connectivity index (χ0n) is 11.1. The first kappa shape index (κ1) is 15.4. The second-order valence-electron chi connectivity index (χ2n) is 4.38. The summed E-state index contributed by atoms with van der Waals surface area (Å²) >= 11 is 0. The maximum atomic E-state index is 12.8. The van der Waals surface area contributed by atoms with Gasteiger partial charge in [0, 0.05) is 5.69 Å². The predicted octanol–water partition coefficient (Wildman–Crippen LogP) is 2.06. The minimum atomic E-state index is -3.69. The van der Waals surface area contributed by atoms with Gasteiger partial charge in [0.1, 0.15) is 5.82 Å². The highest BCUT2D eigenvalue weighted by Crippen LogP contribution is 2.17. The highest BCUT2D eigenvalue weighted by Gasteiger charge is 2.13. The lowest BCUT2D eigenvalue weighted by Crippen LogP contribution is -2.13. The molecular weight excluding hydrogens is 295 g/mol. The van der Waals surface area contributed by atoms with Crippen LogP contribution in [0.2, 0.25) is 0 Å². The van der Waals surface area contributed by atoms with E-state index in [4.69, 9.17) is 5.90 Å². The first-order chi connectivity index (χ1) is 10.0. The molecule has 0 heterocycles. The van der Waals surface area contributed by atoms with Crippen LogP contribution in [0.4, 0.5) is 10.1 Å². The second kappa shape index (κ2) is 6.66. The summed E-state index contributed by atoms with van der Waals surface area (Å²) in [5.41, 5.74) is 1.22. The summed E-state index contributed by atoms with van der Waals surface area (Å²) in [6, 6.07) is 11.5. The molecular formula is C14H15FN2O3S. The molecule has 21 heavy (non-hydrogen) atoms. The van der Waals surface area contributed by atoms with E-state index in [0.29, 0.717) is 18.7 Å². The van der Waals surface area contributed by atoms with Gasteiger partial charge in [0.15, 0.2) is 0 Å². The van der Waals surface area contributed by atoms with Crippen molar-refractivity contribution in [3.63, 3.8) is 0 Å². The Morgan fingerprint density at radius 1 is 1.05 bits per heavy atom. The summed E-state index contributed by atoms with van der Waals surface area (Å²) < 4.78 is 39.5. The number of anilines is 1. The van der Waals surface area contributed by atoms with Crippen molar-refractivity contribution >= 4 is 15.7 Å². The predicted molar refractivity (Wildman–Crippen MR) is 77.5 cm³/mol. The van der Waals surface area contributed by atoms with Gasteiger partial charge in [0.2, 0.25) is 0 Å². The number of benzene rings is 2. The third kappa shape index (κ3) is 4.25. The zero-order chi connectivity index (χ0) is 15.3. The van der Waals surface area contributed by atoms with E-state index in [2.05, 4.69) is 9.56 Å². The van der Waals surface area contributed by atoms with Gasteiger partial charge in [0.25, 0.3) is 10.0 Å². The van der Waals surface area contributed by atoms with E-state index in [1.165, 1.54) is 36.4 Å². The summed E-state index contributed by atoms with van der Waals surface area (Å²) in [6.45, 7) is 0.361. The molecule has 2 aromatic carbocycles. The molecule has 0 saturated carbocycles. The topological polar surface area (TPSA) is 81.4 Å². The number of hydrogen-bond acceptors (Lipinski definition) is 4. The maximum Gasteiger partial charge on any atom is 0.261 e. The Bertz CT molecular complexity index is 685. The number of rotatable bonds is 6. The van der Waals surface area contributed by atoms with Crippen molar-refractivity contribution in [1.82, 2.24) is 0 Å². The van der Waals surface area contributed by atoms with Crippen LogP contribution in [0.5, 0.6) is 0 Å². The third-order valence-corrected chi connectivity index (χ3v) is 4.24. The third-order valence-electron chi connectivity index (χ3n) is 2.84. The molecule has 0 radical (unpaired) electrons. The normalized spacial score (nSPS) is 11.3. The van der Waals surface area contributed by atoms with E-state index in [0.717, 1.165) is 5.56 Å². The molecule has 112 valence electrons. The molecule has 0 aliphatic rings. The van der Waals surface area contributed by atoms with Crippen molar-refractivity contribution in [2.45, 2.75) is 11.3 Å². The highest BCUT2D eigenvalue weighted by molar-refractivity contribution is 7.92. The zero-order valence-corrected chi connectivity index (χ0v) is 11.9. The summed E-state index contributed by atoms with van der Waals surface area (Å²) in [4.78, 5) is 4.60. The Balaban J connectivity index is 2.13. The number of hydrogen-bond donors (Lipinski definition) is 2. The number of nitrogens with two attached hydrogens (primary N) is 1. The molecule has 0 saturated heterocycles. The number of nitrogens with one attached hydrogen (secondary N) is 1. The van der Waals surface area contributed by atoms with Gasteiger partial charge in [-0.15, -0.1) is 0 Å². The number of halogens is 1.